The van der Waals surface area contributed by atoms with Crippen LogP contribution in [0.2, 0.25) is 0 Å². The summed E-state index contributed by atoms with van der Waals surface area (Å²) >= 11 is 0. The summed E-state index contributed by atoms with van der Waals surface area (Å²) in [6, 6.07) is 10.6. The Morgan fingerprint density at radius 2 is 2.17 bits per heavy atom. The minimum atomic E-state index is -1.13. The zero-order valence-electron chi connectivity index (χ0n) is 13.5. The third kappa shape index (κ3) is 3.44. The number of aliphatic hydroxyl groups is 1. The van der Waals surface area contributed by atoms with E-state index in [1.807, 2.05) is 12.1 Å². The van der Waals surface area contributed by atoms with Crippen molar-refractivity contribution in [2.45, 2.75) is 18.9 Å². The lowest BCUT2D eigenvalue weighted by atomic mass is 10.0. The summed E-state index contributed by atoms with van der Waals surface area (Å²) in [7, 11) is 1.54. The van der Waals surface area contributed by atoms with Crippen LogP contribution in [0, 0.1) is 0 Å². The van der Waals surface area contributed by atoms with Gasteiger partial charge in [-0.05, 0) is 31.2 Å². The first kappa shape index (κ1) is 16.1. The van der Waals surface area contributed by atoms with Crippen LogP contribution in [0.1, 0.15) is 23.2 Å². The van der Waals surface area contributed by atoms with Gasteiger partial charge in [0.1, 0.15) is 5.76 Å². The molecule has 3 aromatic rings. The number of carbonyl (C=O) groups is 1. The number of benzene rings is 1. The van der Waals surface area contributed by atoms with E-state index in [0.29, 0.717) is 23.5 Å². The van der Waals surface area contributed by atoms with Crippen molar-refractivity contribution in [3.05, 3.63) is 54.2 Å². The highest BCUT2D eigenvalue weighted by Gasteiger charge is 2.24. The number of methoxy groups -OCH3 is 1. The van der Waals surface area contributed by atoms with E-state index in [4.69, 9.17) is 13.6 Å². The summed E-state index contributed by atoms with van der Waals surface area (Å²) in [5, 5.41) is 13.8. The number of ether oxygens (including phenoxy) is 1. The van der Waals surface area contributed by atoms with Crippen LogP contribution >= 0.6 is 0 Å². The van der Waals surface area contributed by atoms with Crippen molar-refractivity contribution in [3.63, 3.8) is 0 Å². The lowest BCUT2D eigenvalue weighted by molar-refractivity contribution is 0.0504. The molecular weight excluding hydrogens is 310 g/mol. The van der Waals surface area contributed by atoms with E-state index in [-0.39, 0.29) is 12.3 Å². The molecule has 2 heterocycles. The summed E-state index contributed by atoms with van der Waals surface area (Å²) < 4.78 is 16.0. The highest BCUT2D eigenvalue weighted by molar-refractivity contribution is 5.97. The number of furan rings is 2. The molecule has 0 saturated carbocycles. The molecule has 0 radical (unpaired) electrons. The molecule has 0 saturated heterocycles. The molecule has 0 aliphatic carbocycles. The minimum Gasteiger partial charge on any atom is -0.493 e. The van der Waals surface area contributed by atoms with Crippen LogP contribution in [0.25, 0.3) is 11.0 Å². The SMILES string of the molecule is COc1cccc2cc(C(=O)NC[C@@](C)(O)Cc3ccco3)oc12. The van der Waals surface area contributed by atoms with Crippen LogP contribution in [0.15, 0.2) is 51.5 Å². The maximum atomic E-state index is 12.3. The molecule has 2 aromatic heterocycles. The zero-order valence-corrected chi connectivity index (χ0v) is 13.5. The maximum absolute atomic E-state index is 12.3. The standard InChI is InChI=1S/C18H19NO5/c1-18(21,10-13-6-4-8-23-13)11-19-17(20)15-9-12-5-3-7-14(22-2)16(12)24-15/h3-9,21H,10-11H2,1-2H3,(H,19,20)/t18-/m0/s1. The van der Waals surface area contributed by atoms with E-state index in [1.165, 1.54) is 0 Å². The molecule has 1 atom stereocenters. The molecule has 2 N–H and O–H groups in total. The molecule has 0 aliphatic rings. The quantitative estimate of drug-likeness (QED) is 0.726. The Morgan fingerprint density at radius 3 is 2.88 bits per heavy atom. The van der Waals surface area contributed by atoms with Crippen LogP contribution in [0.3, 0.4) is 0 Å². The van der Waals surface area contributed by atoms with Crippen LogP contribution in [0.5, 0.6) is 5.75 Å². The van der Waals surface area contributed by atoms with Gasteiger partial charge < -0.3 is 24.0 Å². The van der Waals surface area contributed by atoms with Crippen molar-refractivity contribution in [1.29, 1.82) is 0 Å². The average Bonchev–Trinajstić information content (AvgIpc) is 3.20. The molecule has 6 heteroatoms. The van der Waals surface area contributed by atoms with E-state index < -0.39 is 11.5 Å². The molecule has 1 amide bonds. The van der Waals surface area contributed by atoms with Gasteiger partial charge in [-0.3, -0.25) is 4.79 Å². The Balaban J connectivity index is 1.68. The van der Waals surface area contributed by atoms with Crippen molar-refractivity contribution in [2.24, 2.45) is 0 Å². The highest BCUT2D eigenvalue weighted by atomic mass is 16.5. The van der Waals surface area contributed by atoms with Gasteiger partial charge in [0.25, 0.3) is 5.91 Å². The number of hydrogen-bond acceptors (Lipinski definition) is 5. The Labute approximate surface area is 139 Å². The van der Waals surface area contributed by atoms with Gasteiger partial charge in [-0.15, -0.1) is 0 Å². The lowest BCUT2D eigenvalue weighted by Crippen LogP contribution is -2.42. The molecule has 24 heavy (non-hydrogen) atoms. The van der Waals surface area contributed by atoms with E-state index >= 15 is 0 Å². The maximum Gasteiger partial charge on any atom is 0.287 e. The van der Waals surface area contributed by atoms with E-state index in [1.54, 1.807) is 44.6 Å². The fraction of sp³-hybridized carbons (Fsp3) is 0.278. The molecule has 0 fully saturated rings. The fourth-order valence-electron chi connectivity index (χ4n) is 2.52. The number of fused-ring (bicyclic) bond motifs is 1. The molecule has 0 aliphatic heterocycles. The number of hydrogen-bond donors (Lipinski definition) is 2. The predicted molar refractivity (Wildman–Crippen MR) is 88.1 cm³/mol. The van der Waals surface area contributed by atoms with Crippen LogP contribution < -0.4 is 10.1 Å². The van der Waals surface area contributed by atoms with Gasteiger partial charge in [-0.1, -0.05) is 12.1 Å². The van der Waals surface area contributed by atoms with Gasteiger partial charge in [0.2, 0.25) is 0 Å². The number of amides is 1. The highest BCUT2D eigenvalue weighted by Crippen LogP contribution is 2.28. The minimum absolute atomic E-state index is 0.0702. The molecule has 6 nitrogen and oxygen atoms in total. The fourth-order valence-corrected chi connectivity index (χ4v) is 2.52. The van der Waals surface area contributed by atoms with Gasteiger partial charge in [0.05, 0.1) is 19.0 Å². The summed E-state index contributed by atoms with van der Waals surface area (Å²) in [5.74, 6) is 0.996. The summed E-state index contributed by atoms with van der Waals surface area (Å²) in [6.07, 6.45) is 1.85. The Bertz CT molecular complexity index is 832. The largest absolute Gasteiger partial charge is 0.493 e. The monoisotopic (exact) mass is 329 g/mol. The number of nitrogens with one attached hydrogen (secondary N) is 1. The third-order valence-corrected chi connectivity index (χ3v) is 3.72. The van der Waals surface area contributed by atoms with Crippen LogP contribution in [-0.4, -0.2) is 30.3 Å². The van der Waals surface area contributed by atoms with Crippen LogP contribution in [-0.2, 0) is 6.42 Å². The van der Waals surface area contributed by atoms with E-state index in [2.05, 4.69) is 5.32 Å². The van der Waals surface area contributed by atoms with E-state index in [9.17, 15) is 9.90 Å². The summed E-state index contributed by atoms with van der Waals surface area (Å²) in [6.45, 7) is 1.71. The number of carbonyl (C=O) groups excluding carboxylic acids is 1. The van der Waals surface area contributed by atoms with Gasteiger partial charge in [-0.2, -0.15) is 0 Å². The first-order valence-corrected chi connectivity index (χ1v) is 7.58. The van der Waals surface area contributed by atoms with Crippen LogP contribution in [0.4, 0.5) is 0 Å². The smallest absolute Gasteiger partial charge is 0.287 e. The van der Waals surface area contributed by atoms with Crippen molar-refractivity contribution >= 4 is 16.9 Å². The second-order valence-corrected chi connectivity index (χ2v) is 5.93. The van der Waals surface area contributed by atoms with Gasteiger partial charge in [0.15, 0.2) is 17.1 Å². The van der Waals surface area contributed by atoms with Crippen molar-refractivity contribution in [2.75, 3.05) is 13.7 Å². The molecule has 0 unspecified atom stereocenters. The number of para-hydroxylation sites is 1. The zero-order chi connectivity index (χ0) is 17.2. The van der Waals surface area contributed by atoms with Crippen molar-refractivity contribution < 1.29 is 23.5 Å². The average molecular weight is 329 g/mol. The number of rotatable bonds is 6. The summed E-state index contributed by atoms with van der Waals surface area (Å²) in [4.78, 5) is 12.3. The first-order valence-electron chi connectivity index (χ1n) is 7.58. The summed E-state index contributed by atoms with van der Waals surface area (Å²) in [5.41, 5.74) is -0.607. The van der Waals surface area contributed by atoms with Gasteiger partial charge >= 0.3 is 0 Å². The second-order valence-electron chi connectivity index (χ2n) is 5.93. The molecule has 0 spiro atoms. The van der Waals surface area contributed by atoms with Gasteiger partial charge in [0, 0.05) is 18.4 Å². The molecule has 0 bridgehead atoms. The first-order chi connectivity index (χ1) is 11.5. The molecule has 126 valence electrons. The molecule has 3 rings (SSSR count). The van der Waals surface area contributed by atoms with Crippen molar-refractivity contribution in [3.8, 4) is 5.75 Å². The van der Waals surface area contributed by atoms with E-state index in [0.717, 1.165) is 5.39 Å². The van der Waals surface area contributed by atoms with Gasteiger partial charge in [-0.25, -0.2) is 0 Å². The topological polar surface area (TPSA) is 84.8 Å². The van der Waals surface area contributed by atoms with Crippen molar-refractivity contribution in [1.82, 2.24) is 5.32 Å². The molecular formula is C18H19NO5. The predicted octanol–water partition coefficient (Wildman–Crippen LogP) is 2.76. The third-order valence-electron chi connectivity index (χ3n) is 3.72. The lowest BCUT2D eigenvalue weighted by Gasteiger charge is -2.22. The molecule has 1 aromatic carbocycles. The Kier molecular flexibility index (Phi) is 4.31. The second kappa shape index (κ2) is 6.41. The Hall–Kier alpha value is -2.73. The Morgan fingerprint density at radius 1 is 1.33 bits per heavy atom. The normalized spacial score (nSPS) is 13.6.